The summed E-state index contributed by atoms with van der Waals surface area (Å²) < 4.78 is 1.17. The van der Waals surface area contributed by atoms with E-state index in [4.69, 9.17) is 0 Å². The molecule has 3 nitrogen and oxygen atoms in total. The van der Waals surface area contributed by atoms with Crippen molar-refractivity contribution in [2.45, 2.75) is 16.2 Å². The van der Waals surface area contributed by atoms with E-state index in [1.165, 1.54) is 64.8 Å². The summed E-state index contributed by atoms with van der Waals surface area (Å²) in [5, 5.41) is 0. The minimum absolute atomic E-state index is 0. The highest BCUT2D eigenvalue weighted by Gasteiger charge is 2.25. The largest absolute Gasteiger partial charge is 1.00 e. The minimum Gasteiger partial charge on any atom is -1.00 e. The molecule has 0 aromatic heterocycles. The Morgan fingerprint density at radius 3 is 1.96 bits per heavy atom. The molecule has 0 N–H and O–H groups in total. The molecule has 4 rings (SSSR count). The summed E-state index contributed by atoms with van der Waals surface area (Å²) in [4.78, 5) is 7.90. The zero-order valence-electron chi connectivity index (χ0n) is 15.7. The first-order valence-corrected chi connectivity index (χ1v) is 10.1. The average molecular weight is 481 g/mol. The highest BCUT2D eigenvalue weighted by Crippen LogP contribution is 2.47. The van der Waals surface area contributed by atoms with Crippen LogP contribution in [0.3, 0.4) is 0 Å². The number of hydrogen-bond donors (Lipinski definition) is 0. The molecule has 2 aliphatic heterocycles. The van der Waals surface area contributed by atoms with Crippen molar-refractivity contribution < 1.29 is 28.5 Å². The van der Waals surface area contributed by atoms with Gasteiger partial charge < -0.3 is 33.4 Å². The molecule has 0 aliphatic carbocycles. The van der Waals surface area contributed by atoms with Gasteiger partial charge in [0.1, 0.15) is 0 Å². The van der Waals surface area contributed by atoms with Crippen LogP contribution in [0.15, 0.2) is 58.3 Å². The van der Waals surface area contributed by atoms with Crippen molar-refractivity contribution in [1.82, 2.24) is 4.90 Å². The zero-order chi connectivity index (χ0) is 17.3. The molecule has 0 unspecified atom stereocenters. The predicted molar refractivity (Wildman–Crippen MR) is 107 cm³/mol. The number of likely N-dealkylation sites (N-methyl/N-ethyl adjacent to an activating group) is 1. The first-order valence-electron chi connectivity index (χ1n) is 9.30. The van der Waals surface area contributed by atoms with Gasteiger partial charge >= 0.3 is 0 Å². The number of anilines is 2. The fraction of sp³-hybridized carbons (Fsp3) is 0.429. The van der Waals surface area contributed by atoms with Gasteiger partial charge in [-0.1, -0.05) is 36.0 Å². The smallest absolute Gasteiger partial charge is 0.0912 e. The number of hydrogen-bond acceptors (Lipinski definition) is 3. The van der Waals surface area contributed by atoms with Crippen LogP contribution in [-0.4, -0.2) is 62.7 Å². The van der Waals surface area contributed by atoms with Gasteiger partial charge in [-0.15, -0.1) is 0 Å². The molecule has 1 fully saturated rings. The number of piperazine rings is 1. The van der Waals surface area contributed by atoms with E-state index in [0.717, 1.165) is 6.54 Å². The summed E-state index contributed by atoms with van der Waals surface area (Å²) in [5.74, 6) is 0. The normalized spacial score (nSPS) is 18.6. The van der Waals surface area contributed by atoms with Gasteiger partial charge in [-0.05, 0) is 30.7 Å². The average Bonchev–Trinajstić information content (AvgIpc) is 2.62. The van der Waals surface area contributed by atoms with Gasteiger partial charge in [0, 0.05) is 36.0 Å². The summed E-state index contributed by atoms with van der Waals surface area (Å²) in [6.45, 7) is 7.29. The monoisotopic (exact) mass is 481 g/mol. The molecule has 26 heavy (non-hydrogen) atoms. The van der Waals surface area contributed by atoms with Crippen molar-refractivity contribution >= 4 is 23.1 Å². The Morgan fingerprint density at radius 1 is 0.846 bits per heavy atom. The van der Waals surface area contributed by atoms with Crippen molar-refractivity contribution in [2.75, 3.05) is 58.3 Å². The first kappa shape index (κ1) is 20.0. The third-order valence-electron chi connectivity index (χ3n) is 5.43. The molecule has 2 aromatic carbocycles. The van der Waals surface area contributed by atoms with Crippen LogP contribution in [0.5, 0.6) is 0 Å². The van der Waals surface area contributed by atoms with E-state index in [9.17, 15) is 0 Å². The predicted octanol–water partition coefficient (Wildman–Crippen LogP) is 1.08. The van der Waals surface area contributed by atoms with Crippen molar-refractivity contribution in [1.29, 1.82) is 0 Å². The van der Waals surface area contributed by atoms with E-state index in [2.05, 4.69) is 72.4 Å². The van der Waals surface area contributed by atoms with Crippen molar-refractivity contribution in [3.63, 3.8) is 0 Å². The van der Waals surface area contributed by atoms with E-state index < -0.39 is 0 Å². The maximum Gasteiger partial charge on any atom is 0.0912 e. The number of benzene rings is 2. The molecule has 0 saturated carbocycles. The molecule has 5 heteroatoms. The number of halogens is 1. The van der Waals surface area contributed by atoms with Crippen LogP contribution in [0.1, 0.15) is 6.42 Å². The van der Waals surface area contributed by atoms with Gasteiger partial charge in [-0.2, -0.15) is 0 Å². The molecule has 0 spiro atoms. The van der Waals surface area contributed by atoms with Gasteiger partial charge in [-0.3, -0.25) is 4.90 Å². The van der Waals surface area contributed by atoms with E-state index in [0.29, 0.717) is 0 Å². The van der Waals surface area contributed by atoms with Crippen LogP contribution in [0.25, 0.3) is 0 Å². The van der Waals surface area contributed by atoms with Crippen LogP contribution < -0.4 is 28.9 Å². The number of fused-ring (bicyclic) bond motifs is 2. The van der Waals surface area contributed by atoms with E-state index in [1.807, 2.05) is 11.8 Å². The lowest BCUT2D eigenvalue weighted by Gasteiger charge is -2.39. The fourth-order valence-electron chi connectivity index (χ4n) is 3.75. The Morgan fingerprint density at radius 2 is 1.38 bits per heavy atom. The fourth-order valence-corrected chi connectivity index (χ4v) is 4.84. The quantitative estimate of drug-likeness (QED) is 0.477. The minimum atomic E-state index is 0. The Bertz CT molecular complexity index is 694. The van der Waals surface area contributed by atoms with E-state index in [1.54, 1.807) is 0 Å². The molecule has 2 heterocycles. The van der Waals surface area contributed by atoms with Gasteiger partial charge in [0.2, 0.25) is 0 Å². The lowest BCUT2D eigenvalue weighted by atomic mass is 10.2. The van der Waals surface area contributed by atoms with E-state index in [-0.39, 0.29) is 24.0 Å². The molecule has 1 saturated heterocycles. The summed E-state index contributed by atoms with van der Waals surface area (Å²) in [5.41, 5.74) is 2.73. The van der Waals surface area contributed by atoms with Gasteiger partial charge in [-0.25, -0.2) is 0 Å². The standard InChI is InChI=1S/C21H28N3S.HI/c1-24(2)16-14-22(15-17-24)12-7-13-23-18-8-3-5-10-20(18)25-21-11-6-4-9-19(21)23;/h3-6,8-11H,7,12-17H2,1-2H3;1H/q+1;/p-1. The lowest BCUT2D eigenvalue weighted by Crippen LogP contribution is -3.00. The maximum atomic E-state index is 2.64. The highest BCUT2D eigenvalue weighted by molar-refractivity contribution is 7.99. The summed E-state index contributed by atoms with van der Waals surface area (Å²) >= 11 is 1.89. The van der Waals surface area contributed by atoms with E-state index >= 15 is 0 Å². The Kier molecular flexibility index (Phi) is 6.54. The second-order valence-electron chi connectivity index (χ2n) is 7.77. The molecular formula is C21H28IN3S. The van der Waals surface area contributed by atoms with Crippen LogP contribution in [0, 0.1) is 0 Å². The Hall–Kier alpha value is -0.760. The van der Waals surface area contributed by atoms with Gasteiger partial charge in [0.25, 0.3) is 0 Å². The van der Waals surface area contributed by atoms with Crippen molar-refractivity contribution in [3.8, 4) is 0 Å². The second kappa shape index (κ2) is 8.50. The summed E-state index contributed by atoms with van der Waals surface area (Å²) in [7, 11) is 4.69. The topological polar surface area (TPSA) is 6.48 Å². The third kappa shape index (κ3) is 4.38. The van der Waals surface area contributed by atoms with Crippen molar-refractivity contribution in [3.05, 3.63) is 48.5 Å². The summed E-state index contributed by atoms with van der Waals surface area (Å²) in [6.07, 6.45) is 1.21. The van der Waals surface area contributed by atoms with Crippen LogP contribution in [-0.2, 0) is 0 Å². The zero-order valence-corrected chi connectivity index (χ0v) is 18.7. The molecule has 2 aromatic rings. The Balaban J connectivity index is 0.00000196. The molecule has 140 valence electrons. The molecule has 0 radical (unpaired) electrons. The molecule has 0 amide bonds. The third-order valence-corrected chi connectivity index (χ3v) is 6.56. The van der Waals surface area contributed by atoms with Crippen LogP contribution in [0.2, 0.25) is 0 Å². The summed E-state index contributed by atoms with van der Waals surface area (Å²) in [6, 6.07) is 17.6. The molecule has 0 bridgehead atoms. The molecule has 2 aliphatic rings. The number of nitrogens with zero attached hydrogens (tertiary/aromatic N) is 3. The lowest BCUT2D eigenvalue weighted by molar-refractivity contribution is -0.894. The van der Waals surface area contributed by atoms with Crippen molar-refractivity contribution in [2.24, 2.45) is 0 Å². The first-order chi connectivity index (χ1) is 12.1. The number of quaternary nitrogens is 1. The van der Waals surface area contributed by atoms with Crippen LogP contribution in [0.4, 0.5) is 11.4 Å². The Labute approximate surface area is 179 Å². The molecular weight excluding hydrogens is 453 g/mol. The van der Waals surface area contributed by atoms with Gasteiger partial charge in [0.15, 0.2) is 0 Å². The van der Waals surface area contributed by atoms with Crippen LogP contribution >= 0.6 is 11.8 Å². The number of para-hydroxylation sites is 2. The number of rotatable bonds is 4. The highest BCUT2D eigenvalue weighted by atomic mass is 127. The SMILES string of the molecule is C[N+]1(C)CCN(CCCN2c3ccccc3Sc3ccccc32)CC1.[I-]. The maximum absolute atomic E-state index is 2.64. The second-order valence-corrected chi connectivity index (χ2v) is 8.85. The van der Waals surface area contributed by atoms with Gasteiger partial charge in [0.05, 0.1) is 38.6 Å². The molecule has 0 atom stereocenters.